The number of rotatable bonds is 2. The second kappa shape index (κ2) is 6.89. The molecule has 0 aliphatic heterocycles. The fraction of sp³-hybridized carbons (Fsp3) is 0.400. The maximum absolute atomic E-state index is 5.30. The summed E-state index contributed by atoms with van der Waals surface area (Å²) in [4.78, 5) is 4.38. The van der Waals surface area contributed by atoms with Crippen LogP contribution in [0.15, 0.2) is 30.5 Å². The van der Waals surface area contributed by atoms with Gasteiger partial charge in [0.1, 0.15) is 5.75 Å². The number of aryl methyl sites for hydroxylation is 1. The minimum absolute atomic E-state index is 0.929. The molecule has 0 bridgehead atoms. The highest BCUT2D eigenvalue weighted by atomic mass is 16.5. The first-order chi connectivity index (χ1) is 8.28. The minimum Gasteiger partial charge on any atom is -0.496 e. The first kappa shape index (κ1) is 13.5. The van der Waals surface area contributed by atoms with E-state index in [0.717, 1.165) is 17.7 Å². The van der Waals surface area contributed by atoms with Crippen molar-refractivity contribution in [2.75, 3.05) is 7.11 Å². The van der Waals surface area contributed by atoms with Crippen LogP contribution in [0.3, 0.4) is 0 Å². The second-order valence-electron chi connectivity index (χ2n) is 3.88. The van der Waals surface area contributed by atoms with Gasteiger partial charge >= 0.3 is 0 Å². The van der Waals surface area contributed by atoms with E-state index in [9.17, 15) is 0 Å². The van der Waals surface area contributed by atoms with Crippen LogP contribution < -0.4 is 4.74 Å². The van der Waals surface area contributed by atoms with E-state index < -0.39 is 0 Å². The predicted molar refractivity (Wildman–Crippen MR) is 73.6 cm³/mol. The molecule has 17 heavy (non-hydrogen) atoms. The van der Waals surface area contributed by atoms with Crippen molar-refractivity contribution in [2.24, 2.45) is 0 Å². The predicted octanol–water partition coefficient (Wildman–Crippen LogP) is 4.22. The van der Waals surface area contributed by atoms with Crippen molar-refractivity contribution in [3.8, 4) is 5.75 Å². The molecular formula is C15H21NO. The third-order valence-corrected chi connectivity index (χ3v) is 2.41. The SMILES string of the molecule is CCC.CCc1c(OC)ccc2cccnc12. The van der Waals surface area contributed by atoms with E-state index in [4.69, 9.17) is 4.74 Å². The standard InChI is InChI=1S/C12H13NO.C3H8/c1-3-10-11(14-2)7-6-9-5-4-8-13-12(9)10;1-3-2/h4-8H,3H2,1-2H3;3H2,1-2H3. The summed E-state index contributed by atoms with van der Waals surface area (Å²) in [7, 11) is 1.70. The highest BCUT2D eigenvalue weighted by molar-refractivity contribution is 5.83. The van der Waals surface area contributed by atoms with Gasteiger partial charge in [0.25, 0.3) is 0 Å². The van der Waals surface area contributed by atoms with Crippen molar-refractivity contribution in [1.29, 1.82) is 0 Å². The van der Waals surface area contributed by atoms with E-state index in [0.29, 0.717) is 0 Å². The summed E-state index contributed by atoms with van der Waals surface area (Å²) in [5, 5.41) is 1.17. The highest BCUT2D eigenvalue weighted by Gasteiger charge is 2.06. The number of hydrogen-bond acceptors (Lipinski definition) is 2. The largest absolute Gasteiger partial charge is 0.496 e. The molecule has 92 valence electrons. The van der Waals surface area contributed by atoms with Gasteiger partial charge in [-0.25, -0.2) is 0 Å². The quantitative estimate of drug-likeness (QED) is 0.772. The summed E-state index contributed by atoms with van der Waals surface area (Å²) < 4.78 is 5.30. The summed E-state index contributed by atoms with van der Waals surface area (Å²) in [6, 6.07) is 8.07. The van der Waals surface area contributed by atoms with Gasteiger partial charge in [0.15, 0.2) is 0 Å². The van der Waals surface area contributed by atoms with Crippen LogP contribution >= 0.6 is 0 Å². The molecule has 2 nitrogen and oxygen atoms in total. The number of pyridine rings is 1. The van der Waals surface area contributed by atoms with Gasteiger partial charge in [-0.15, -0.1) is 0 Å². The van der Waals surface area contributed by atoms with Crippen molar-refractivity contribution >= 4 is 10.9 Å². The smallest absolute Gasteiger partial charge is 0.124 e. The van der Waals surface area contributed by atoms with Gasteiger partial charge in [0, 0.05) is 17.1 Å². The summed E-state index contributed by atoms with van der Waals surface area (Å²) >= 11 is 0. The number of fused-ring (bicyclic) bond motifs is 1. The molecule has 0 spiro atoms. The Balaban J connectivity index is 0.000000437. The van der Waals surface area contributed by atoms with Crippen LogP contribution in [-0.4, -0.2) is 12.1 Å². The zero-order valence-corrected chi connectivity index (χ0v) is 11.2. The molecule has 0 saturated heterocycles. The normalized spacial score (nSPS) is 9.65. The first-order valence-electron chi connectivity index (χ1n) is 6.19. The average Bonchev–Trinajstić information content (AvgIpc) is 2.38. The molecule has 2 heteroatoms. The van der Waals surface area contributed by atoms with Gasteiger partial charge in [-0.3, -0.25) is 4.98 Å². The average molecular weight is 231 g/mol. The van der Waals surface area contributed by atoms with Gasteiger partial charge in [0.2, 0.25) is 0 Å². The lowest BCUT2D eigenvalue weighted by atomic mass is 10.1. The Morgan fingerprint density at radius 1 is 1.12 bits per heavy atom. The molecule has 2 rings (SSSR count). The molecule has 1 heterocycles. The second-order valence-corrected chi connectivity index (χ2v) is 3.88. The van der Waals surface area contributed by atoms with Crippen LogP contribution in [0.5, 0.6) is 5.75 Å². The fourth-order valence-electron chi connectivity index (χ4n) is 1.72. The van der Waals surface area contributed by atoms with Gasteiger partial charge in [-0.1, -0.05) is 33.3 Å². The van der Waals surface area contributed by atoms with Crippen LogP contribution in [-0.2, 0) is 6.42 Å². The summed E-state index contributed by atoms with van der Waals surface area (Å²) in [6.45, 7) is 6.37. The Bertz CT molecular complexity index is 465. The molecule has 0 radical (unpaired) electrons. The lowest BCUT2D eigenvalue weighted by molar-refractivity contribution is 0.411. The Morgan fingerprint density at radius 3 is 2.41 bits per heavy atom. The number of benzene rings is 1. The van der Waals surface area contributed by atoms with Gasteiger partial charge < -0.3 is 4.74 Å². The van der Waals surface area contributed by atoms with Crippen molar-refractivity contribution in [2.45, 2.75) is 33.6 Å². The van der Waals surface area contributed by atoms with Gasteiger partial charge in [-0.05, 0) is 24.6 Å². The first-order valence-corrected chi connectivity index (χ1v) is 6.19. The molecule has 1 aromatic carbocycles. The Labute approximate surface area is 104 Å². The van der Waals surface area contributed by atoms with E-state index in [1.807, 2.05) is 24.4 Å². The van der Waals surface area contributed by atoms with E-state index >= 15 is 0 Å². The number of ether oxygens (including phenoxy) is 1. The number of aromatic nitrogens is 1. The molecule has 0 amide bonds. The molecule has 1 aromatic heterocycles. The monoisotopic (exact) mass is 231 g/mol. The lowest BCUT2D eigenvalue weighted by Gasteiger charge is -2.08. The zero-order valence-electron chi connectivity index (χ0n) is 11.2. The third-order valence-electron chi connectivity index (χ3n) is 2.41. The van der Waals surface area contributed by atoms with Crippen LogP contribution in [0.4, 0.5) is 0 Å². The summed E-state index contributed by atoms with van der Waals surface area (Å²) in [6.07, 6.45) is 4.01. The lowest BCUT2D eigenvalue weighted by Crippen LogP contribution is -1.93. The fourth-order valence-corrected chi connectivity index (χ4v) is 1.72. The van der Waals surface area contributed by atoms with Crippen molar-refractivity contribution < 1.29 is 4.74 Å². The molecular weight excluding hydrogens is 210 g/mol. The molecule has 0 unspecified atom stereocenters. The maximum atomic E-state index is 5.30. The van der Waals surface area contributed by atoms with Crippen molar-refractivity contribution in [3.05, 3.63) is 36.0 Å². The number of methoxy groups -OCH3 is 1. The van der Waals surface area contributed by atoms with Crippen molar-refractivity contribution in [3.63, 3.8) is 0 Å². The molecule has 0 aliphatic rings. The van der Waals surface area contributed by atoms with E-state index in [1.54, 1.807) is 7.11 Å². The van der Waals surface area contributed by atoms with Crippen molar-refractivity contribution in [1.82, 2.24) is 4.98 Å². The van der Waals surface area contributed by atoms with E-state index in [2.05, 4.69) is 31.8 Å². The number of nitrogens with zero attached hydrogens (tertiary/aromatic N) is 1. The molecule has 0 atom stereocenters. The molecule has 0 saturated carbocycles. The van der Waals surface area contributed by atoms with Gasteiger partial charge in [0.05, 0.1) is 12.6 Å². The minimum atomic E-state index is 0.929. The molecule has 0 N–H and O–H groups in total. The molecule has 0 aliphatic carbocycles. The van der Waals surface area contributed by atoms with Crippen LogP contribution in [0.2, 0.25) is 0 Å². The summed E-state index contributed by atoms with van der Waals surface area (Å²) in [5.41, 5.74) is 2.24. The maximum Gasteiger partial charge on any atom is 0.124 e. The number of hydrogen-bond donors (Lipinski definition) is 0. The third kappa shape index (κ3) is 3.19. The Kier molecular flexibility index (Phi) is 5.47. The van der Waals surface area contributed by atoms with Crippen LogP contribution in [0.1, 0.15) is 32.8 Å². The van der Waals surface area contributed by atoms with Crippen LogP contribution in [0, 0.1) is 0 Å². The Morgan fingerprint density at radius 2 is 1.82 bits per heavy atom. The molecule has 0 fully saturated rings. The summed E-state index contributed by atoms with van der Waals surface area (Å²) in [5.74, 6) is 0.929. The van der Waals surface area contributed by atoms with E-state index in [-0.39, 0.29) is 0 Å². The zero-order chi connectivity index (χ0) is 12.7. The topological polar surface area (TPSA) is 22.1 Å². The van der Waals surface area contributed by atoms with E-state index in [1.165, 1.54) is 17.4 Å². The molecule has 2 aromatic rings. The van der Waals surface area contributed by atoms with Gasteiger partial charge in [-0.2, -0.15) is 0 Å². The Hall–Kier alpha value is -1.57. The highest BCUT2D eigenvalue weighted by Crippen LogP contribution is 2.26. The van der Waals surface area contributed by atoms with Crippen LogP contribution in [0.25, 0.3) is 10.9 Å².